The van der Waals surface area contributed by atoms with Crippen molar-refractivity contribution in [3.05, 3.63) is 53.6 Å². The Balaban J connectivity index is 0.00000169. The molecule has 1 aliphatic heterocycles. The van der Waals surface area contributed by atoms with E-state index in [1.165, 1.54) is 24.4 Å². The molecule has 0 atom stereocenters. The summed E-state index contributed by atoms with van der Waals surface area (Å²) in [5, 5.41) is -0.0437. The molecule has 0 radical (unpaired) electrons. The predicted octanol–water partition coefficient (Wildman–Crippen LogP) is 2.55. The van der Waals surface area contributed by atoms with Crippen LogP contribution in [0, 0.1) is 0 Å². The molecular weight excluding hydrogens is 374 g/mol. The zero-order chi connectivity index (χ0) is 16.9. The molecule has 0 amide bonds. The lowest BCUT2D eigenvalue weighted by atomic mass is 10.1. The molecule has 0 unspecified atom stereocenters. The van der Waals surface area contributed by atoms with Gasteiger partial charge in [0.1, 0.15) is 5.75 Å². The first-order valence-electron chi connectivity index (χ1n) is 7.57. The Labute approximate surface area is 160 Å². The molecule has 6 nitrogen and oxygen atoms in total. The highest BCUT2D eigenvalue weighted by atomic mass is 32.2. The van der Waals surface area contributed by atoms with Crippen LogP contribution in [0.3, 0.4) is 0 Å². The van der Waals surface area contributed by atoms with Crippen molar-refractivity contribution in [3.8, 4) is 5.75 Å². The van der Waals surface area contributed by atoms with Crippen LogP contribution >= 0.6 is 23.7 Å². The Hall–Kier alpha value is -2.00. The minimum atomic E-state index is -0.0437. The van der Waals surface area contributed by atoms with Crippen molar-refractivity contribution in [2.24, 2.45) is 0 Å². The largest absolute Gasteiger partial charge is 0.493 e. The number of rotatable bonds is 6. The SMILES string of the molecule is CC(=O)SCC(=O)c1ccc(NSc2ccc3c(c2)CCO3)cc1.O.O. The van der Waals surface area contributed by atoms with E-state index in [4.69, 9.17) is 4.74 Å². The van der Waals surface area contributed by atoms with Crippen LogP contribution in [0.4, 0.5) is 5.69 Å². The lowest BCUT2D eigenvalue weighted by Gasteiger charge is -2.07. The molecule has 8 heteroatoms. The maximum atomic E-state index is 11.9. The van der Waals surface area contributed by atoms with E-state index in [0.717, 1.165) is 41.1 Å². The molecule has 5 N–H and O–H groups in total. The molecule has 2 aromatic rings. The standard InChI is InChI=1S/C18H17NO3S2.2H2O/c1-12(20)23-11-17(21)13-2-4-15(5-3-13)19-24-16-6-7-18-14(10-16)8-9-22-18;;/h2-7,10,19H,8-9,11H2,1H3;2*1H2. The van der Waals surface area contributed by atoms with Crippen molar-refractivity contribution < 1.29 is 25.3 Å². The van der Waals surface area contributed by atoms with Gasteiger partial charge in [0.25, 0.3) is 0 Å². The van der Waals surface area contributed by atoms with E-state index in [1.807, 2.05) is 24.3 Å². The number of benzene rings is 2. The molecule has 0 bridgehead atoms. The second-order valence-electron chi connectivity index (χ2n) is 5.35. The molecule has 1 aliphatic rings. The number of hydrogen-bond donors (Lipinski definition) is 1. The monoisotopic (exact) mass is 395 g/mol. The maximum absolute atomic E-state index is 11.9. The van der Waals surface area contributed by atoms with Crippen LogP contribution in [0.5, 0.6) is 5.75 Å². The molecule has 140 valence electrons. The van der Waals surface area contributed by atoms with E-state index >= 15 is 0 Å². The van der Waals surface area contributed by atoms with Gasteiger partial charge in [0.05, 0.1) is 12.4 Å². The number of anilines is 1. The fourth-order valence-corrected chi connectivity index (χ4v) is 3.53. The Morgan fingerprint density at radius 1 is 1.12 bits per heavy atom. The number of ether oxygens (including phenoxy) is 1. The average Bonchev–Trinajstić information content (AvgIpc) is 3.06. The van der Waals surface area contributed by atoms with Crippen molar-refractivity contribution >= 4 is 40.3 Å². The molecule has 0 fully saturated rings. The van der Waals surface area contributed by atoms with Crippen molar-refractivity contribution in [2.45, 2.75) is 18.2 Å². The number of nitrogens with one attached hydrogen (secondary N) is 1. The lowest BCUT2D eigenvalue weighted by Crippen LogP contribution is -2.03. The van der Waals surface area contributed by atoms with Gasteiger partial charge in [-0.3, -0.25) is 9.59 Å². The van der Waals surface area contributed by atoms with Crippen LogP contribution < -0.4 is 9.46 Å². The Morgan fingerprint density at radius 2 is 1.85 bits per heavy atom. The van der Waals surface area contributed by atoms with Crippen molar-refractivity contribution in [1.29, 1.82) is 0 Å². The van der Waals surface area contributed by atoms with Gasteiger partial charge in [-0.15, -0.1) is 0 Å². The molecule has 26 heavy (non-hydrogen) atoms. The Bertz CT molecular complexity index is 765. The first kappa shape index (κ1) is 22.0. The van der Waals surface area contributed by atoms with Crippen LogP contribution in [0.1, 0.15) is 22.8 Å². The molecular formula is C18H21NO5S2. The fraction of sp³-hybridized carbons (Fsp3) is 0.222. The zero-order valence-electron chi connectivity index (χ0n) is 14.2. The van der Waals surface area contributed by atoms with Crippen LogP contribution in [-0.4, -0.2) is 34.2 Å². The Kier molecular flexibility index (Phi) is 8.67. The normalized spacial score (nSPS) is 11.4. The summed E-state index contributed by atoms with van der Waals surface area (Å²) in [4.78, 5) is 24.0. The number of carbonyl (C=O) groups excluding carboxylic acids is 2. The molecule has 2 aromatic carbocycles. The van der Waals surface area contributed by atoms with E-state index in [2.05, 4.69) is 10.8 Å². The van der Waals surface area contributed by atoms with E-state index < -0.39 is 0 Å². The molecule has 3 rings (SSSR count). The van der Waals surface area contributed by atoms with Gasteiger partial charge in [0.2, 0.25) is 0 Å². The fourth-order valence-electron chi connectivity index (χ4n) is 2.32. The van der Waals surface area contributed by atoms with Gasteiger partial charge in [-0.2, -0.15) is 0 Å². The van der Waals surface area contributed by atoms with Gasteiger partial charge in [0, 0.05) is 29.5 Å². The maximum Gasteiger partial charge on any atom is 0.186 e. The van der Waals surface area contributed by atoms with Gasteiger partial charge in [-0.05, 0) is 60.0 Å². The van der Waals surface area contributed by atoms with Crippen LogP contribution in [0.15, 0.2) is 47.4 Å². The number of carbonyl (C=O) groups is 2. The average molecular weight is 396 g/mol. The Morgan fingerprint density at radius 3 is 2.54 bits per heavy atom. The highest BCUT2D eigenvalue weighted by molar-refractivity contribution is 8.14. The quantitative estimate of drug-likeness (QED) is 0.593. The highest BCUT2D eigenvalue weighted by Crippen LogP contribution is 2.30. The predicted molar refractivity (Wildman–Crippen MR) is 106 cm³/mol. The molecule has 0 aliphatic carbocycles. The minimum absolute atomic E-state index is 0. The van der Waals surface area contributed by atoms with Crippen molar-refractivity contribution in [3.63, 3.8) is 0 Å². The summed E-state index contributed by atoms with van der Waals surface area (Å²) in [6.45, 7) is 2.22. The molecule has 0 saturated carbocycles. The highest BCUT2D eigenvalue weighted by Gasteiger charge is 2.12. The first-order valence-corrected chi connectivity index (χ1v) is 9.37. The van der Waals surface area contributed by atoms with Gasteiger partial charge in [-0.25, -0.2) is 0 Å². The third-order valence-electron chi connectivity index (χ3n) is 3.56. The van der Waals surface area contributed by atoms with Crippen LogP contribution in [0.25, 0.3) is 0 Å². The van der Waals surface area contributed by atoms with Gasteiger partial charge in [-0.1, -0.05) is 11.8 Å². The summed E-state index contributed by atoms with van der Waals surface area (Å²) in [5.74, 6) is 1.13. The van der Waals surface area contributed by atoms with E-state index in [0.29, 0.717) is 5.56 Å². The summed E-state index contributed by atoms with van der Waals surface area (Å²) in [7, 11) is 0. The number of hydrogen-bond acceptors (Lipinski definition) is 6. The van der Waals surface area contributed by atoms with Gasteiger partial charge >= 0.3 is 0 Å². The minimum Gasteiger partial charge on any atom is -0.493 e. The second kappa shape index (κ2) is 10.2. The van der Waals surface area contributed by atoms with Crippen molar-refractivity contribution in [1.82, 2.24) is 0 Å². The topological polar surface area (TPSA) is 118 Å². The van der Waals surface area contributed by atoms with Crippen LogP contribution in [0.2, 0.25) is 0 Å². The van der Waals surface area contributed by atoms with E-state index in [1.54, 1.807) is 12.1 Å². The smallest absolute Gasteiger partial charge is 0.186 e. The summed E-state index contributed by atoms with van der Waals surface area (Å²) in [5.41, 5.74) is 2.78. The summed E-state index contributed by atoms with van der Waals surface area (Å²) >= 11 is 2.57. The number of thioether (sulfide) groups is 1. The molecule has 1 heterocycles. The number of ketones is 1. The summed E-state index contributed by atoms with van der Waals surface area (Å²) < 4.78 is 8.78. The van der Waals surface area contributed by atoms with Crippen LogP contribution in [-0.2, 0) is 11.2 Å². The first-order chi connectivity index (χ1) is 11.6. The van der Waals surface area contributed by atoms with E-state index in [-0.39, 0.29) is 27.6 Å². The third kappa shape index (κ3) is 5.77. The van der Waals surface area contributed by atoms with E-state index in [9.17, 15) is 9.59 Å². The lowest BCUT2D eigenvalue weighted by molar-refractivity contribution is -0.109. The third-order valence-corrected chi connectivity index (χ3v) is 5.20. The number of Topliss-reactive ketones (excluding diaryl/α,β-unsaturated/α-hetero) is 1. The van der Waals surface area contributed by atoms with Crippen molar-refractivity contribution in [2.75, 3.05) is 17.1 Å². The second-order valence-corrected chi connectivity index (χ2v) is 7.38. The zero-order valence-corrected chi connectivity index (χ0v) is 15.8. The molecule has 0 spiro atoms. The molecule has 0 saturated heterocycles. The summed E-state index contributed by atoms with van der Waals surface area (Å²) in [6, 6.07) is 13.5. The van der Waals surface area contributed by atoms with Gasteiger partial charge < -0.3 is 20.4 Å². The summed E-state index contributed by atoms with van der Waals surface area (Å²) in [6.07, 6.45) is 0.957. The molecule has 0 aromatic heterocycles. The number of fused-ring (bicyclic) bond motifs is 1. The van der Waals surface area contributed by atoms with Gasteiger partial charge in [0.15, 0.2) is 10.9 Å².